The third-order valence-corrected chi connectivity index (χ3v) is 5.01. The molecule has 1 N–H and O–H groups in total. The number of para-hydroxylation sites is 1. The van der Waals surface area contributed by atoms with Crippen molar-refractivity contribution in [2.24, 2.45) is 0 Å². The number of aryl methyl sites for hydroxylation is 2. The van der Waals surface area contributed by atoms with Gasteiger partial charge in [0.2, 0.25) is 0 Å². The van der Waals surface area contributed by atoms with Gasteiger partial charge < -0.3 is 15.1 Å². The zero-order chi connectivity index (χ0) is 18.4. The van der Waals surface area contributed by atoms with Gasteiger partial charge in [0.1, 0.15) is 0 Å². The number of hydrogen-bond acceptors (Lipinski definition) is 3. The summed E-state index contributed by atoms with van der Waals surface area (Å²) < 4.78 is 0. The minimum absolute atomic E-state index is 0.00740. The van der Waals surface area contributed by atoms with Crippen LogP contribution in [0.5, 0.6) is 0 Å². The average molecular weight is 352 g/mol. The highest BCUT2D eigenvalue weighted by Crippen LogP contribution is 2.28. The molecule has 0 saturated carbocycles. The van der Waals surface area contributed by atoms with Gasteiger partial charge in [-0.2, -0.15) is 0 Å². The zero-order valence-electron chi connectivity index (χ0n) is 15.7. The van der Waals surface area contributed by atoms with E-state index in [9.17, 15) is 4.79 Å². The van der Waals surface area contributed by atoms with Crippen LogP contribution in [-0.4, -0.2) is 42.1 Å². The Bertz CT molecular complexity index is 702. The third kappa shape index (κ3) is 4.15. The van der Waals surface area contributed by atoms with E-state index in [-0.39, 0.29) is 6.03 Å². The van der Waals surface area contributed by atoms with E-state index in [0.717, 1.165) is 44.6 Å². The number of hydrogen-bond donors (Lipinski definition) is 1. The first kappa shape index (κ1) is 18.2. The molecule has 1 fully saturated rings. The number of carbonyl (C=O) groups is 1. The van der Waals surface area contributed by atoms with E-state index in [4.69, 9.17) is 0 Å². The Morgan fingerprint density at radius 2 is 1.73 bits per heavy atom. The minimum atomic E-state index is 0.00740. The van der Waals surface area contributed by atoms with Gasteiger partial charge in [0.05, 0.1) is 0 Å². The molecule has 138 valence electrons. The van der Waals surface area contributed by atoms with Crippen molar-refractivity contribution in [3.63, 3.8) is 0 Å². The maximum absolute atomic E-state index is 12.4. The standard InChI is InChI=1S/C21H28N4O/c1-3-18-8-5-9-19(4-2)20(18)24-11-13-25(14-12-24)21(26)23-16-17-7-6-10-22-15-17/h5-10,15H,3-4,11-14,16H2,1-2H3,(H,23,26). The number of nitrogens with one attached hydrogen (secondary N) is 1. The Balaban J connectivity index is 1.58. The maximum Gasteiger partial charge on any atom is 0.317 e. The van der Waals surface area contributed by atoms with Crippen molar-refractivity contribution >= 4 is 11.7 Å². The van der Waals surface area contributed by atoms with E-state index in [1.807, 2.05) is 17.0 Å². The van der Waals surface area contributed by atoms with Crippen LogP contribution in [0.2, 0.25) is 0 Å². The molecule has 1 aromatic heterocycles. The number of urea groups is 1. The lowest BCUT2D eigenvalue weighted by molar-refractivity contribution is 0.194. The number of nitrogens with zero attached hydrogens (tertiary/aromatic N) is 3. The molecule has 0 aliphatic carbocycles. The Labute approximate surface area is 156 Å². The summed E-state index contributed by atoms with van der Waals surface area (Å²) in [6, 6.07) is 10.5. The predicted molar refractivity (Wildman–Crippen MR) is 105 cm³/mol. The van der Waals surface area contributed by atoms with E-state index >= 15 is 0 Å². The van der Waals surface area contributed by atoms with Crippen LogP contribution in [0, 0.1) is 0 Å². The SMILES string of the molecule is CCc1cccc(CC)c1N1CCN(C(=O)NCc2cccnc2)CC1. The fourth-order valence-corrected chi connectivity index (χ4v) is 3.55. The summed E-state index contributed by atoms with van der Waals surface area (Å²) in [4.78, 5) is 20.9. The number of anilines is 1. The lowest BCUT2D eigenvalue weighted by Crippen LogP contribution is -2.52. The minimum Gasteiger partial charge on any atom is -0.368 e. The van der Waals surface area contributed by atoms with Crippen LogP contribution >= 0.6 is 0 Å². The summed E-state index contributed by atoms with van der Waals surface area (Å²) in [7, 11) is 0. The largest absolute Gasteiger partial charge is 0.368 e. The fraction of sp³-hybridized carbons (Fsp3) is 0.429. The molecule has 2 amide bonds. The second-order valence-corrected chi connectivity index (χ2v) is 6.63. The van der Waals surface area contributed by atoms with Gasteiger partial charge in [0.15, 0.2) is 0 Å². The molecule has 1 aliphatic rings. The van der Waals surface area contributed by atoms with E-state index in [1.54, 1.807) is 12.4 Å². The van der Waals surface area contributed by atoms with Gasteiger partial charge >= 0.3 is 6.03 Å². The summed E-state index contributed by atoms with van der Waals surface area (Å²) in [6.45, 7) is 8.20. The average Bonchev–Trinajstić information content (AvgIpc) is 2.72. The quantitative estimate of drug-likeness (QED) is 0.899. The predicted octanol–water partition coefficient (Wildman–Crippen LogP) is 3.24. The number of rotatable bonds is 5. The molecule has 1 aliphatic heterocycles. The fourth-order valence-electron chi connectivity index (χ4n) is 3.55. The van der Waals surface area contributed by atoms with E-state index < -0.39 is 0 Å². The molecule has 0 atom stereocenters. The number of amides is 2. The maximum atomic E-state index is 12.4. The van der Waals surface area contributed by atoms with Crippen LogP contribution in [0.3, 0.4) is 0 Å². The van der Waals surface area contributed by atoms with Gasteiger partial charge in [0, 0.05) is 50.8 Å². The molecule has 1 aromatic carbocycles. The summed E-state index contributed by atoms with van der Waals surface area (Å²) in [5, 5.41) is 3.00. The van der Waals surface area contributed by atoms with E-state index in [2.05, 4.69) is 47.2 Å². The summed E-state index contributed by atoms with van der Waals surface area (Å²) in [5.41, 5.74) is 5.20. The Kier molecular flexibility index (Phi) is 6.10. The first-order valence-electron chi connectivity index (χ1n) is 9.50. The molecular formula is C21H28N4O. The van der Waals surface area contributed by atoms with Crippen molar-refractivity contribution < 1.29 is 4.79 Å². The van der Waals surface area contributed by atoms with Crippen LogP contribution in [0.25, 0.3) is 0 Å². The van der Waals surface area contributed by atoms with Crippen LogP contribution < -0.4 is 10.2 Å². The molecule has 0 radical (unpaired) electrons. The van der Waals surface area contributed by atoms with Gasteiger partial charge in [-0.15, -0.1) is 0 Å². The van der Waals surface area contributed by atoms with Crippen LogP contribution in [-0.2, 0) is 19.4 Å². The molecular weight excluding hydrogens is 324 g/mol. The number of piperazine rings is 1. The van der Waals surface area contributed by atoms with Crippen molar-refractivity contribution in [2.75, 3.05) is 31.1 Å². The van der Waals surface area contributed by atoms with Crippen molar-refractivity contribution in [3.8, 4) is 0 Å². The Hall–Kier alpha value is -2.56. The zero-order valence-corrected chi connectivity index (χ0v) is 15.7. The van der Waals surface area contributed by atoms with Crippen LogP contribution in [0.15, 0.2) is 42.7 Å². The first-order valence-corrected chi connectivity index (χ1v) is 9.50. The molecule has 26 heavy (non-hydrogen) atoms. The van der Waals surface area contributed by atoms with Gasteiger partial charge in [-0.05, 0) is 35.6 Å². The number of aromatic nitrogens is 1. The molecule has 1 saturated heterocycles. The molecule has 0 unspecified atom stereocenters. The monoisotopic (exact) mass is 352 g/mol. The second-order valence-electron chi connectivity index (χ2n) is 6.63. The molecule has 0 spiro atoms. The van der Waals surface area contributed by atoms with Gasteiger partial charge in [-0.25, -0.2) is 4.79 Å². The lowest BCUT2D eigenvalue weighted by Gasteiger charge is -2.38. The second kappa shape index (κ2) is 8.70. The molecule has 5 nitrogen and oxygen atoms in total. The van der Waals surface area contributed by atoms with E-state index in [1.165, 1.54) is 16.8 Å². The topological polar surface area (TPSA) is 48.5 Å². The van der Waals surface area contributed by atoms with Crippen LogP contribution in [0.4, 0.5) is 10.5 Å². The highest BCUT2D eigenvalue weighted by atomic mass is 16.2. The molecule has 5 heteroatoms. The number of carbonyl (C=O) groups excluding carboxylic acids is 1. The van der Waals surface area contributed by atoms with Crippen molar-refractivity contribution in [2.45, 2.75) is 33.2 Å². The van der Waals surface area contributed by atoms with Gasteiger partial charge in [-0.1, -0.05) is 38.1 Å². The number of benzene rings is 1. The van der Waals surface area contributed by atoms with Gasteiger partial charge in [0.25, 0.3) is 0 Å². The van der Waals surface area contributed by atoms with E-state index in [0.29, 0.717) is 6.54 Å². The smallest absolute Gasteiger partial charge is 0.317 e. The number of pyridine rings is 1. The van der Waals surface area contributed by atoms with Gasteiger partial charge in [-0.3, -0.25) is 4.98 Å². The molecule has 3 rings (SSSR count). The lowest BCUT2D eigenvalue weighted by atomic mass is 10.0. The summed E-state index contributed by atoms with van der Waals surface area (Å²) in [6.07, 6.45) is 5.60. The summed E-state index contributed by atoms with van der Waals surface area (Å²) in [5.74, 6) is 0. The Morgan fingerprint density at radius 3 is 2.31 bits per heavy atom. The van der Waals surface area contributed by atoms with Crippen LogP contribution in [0.1, 0.15) is 30.5 Å². The first-order chi connectivity index (χ1) is 12.7. The summed E-state index contributed by atoms with van der Waals surface area (Å²) >= 11 is 0. The Morgan fingerprint density at radius 1 is 1.04 bits per heavy atom. The molecule has 2 heterocycles. The third-order valence-electron chi connectivity index (χ3n) is 5.01. The molecule has 0 bridgehead atoms. The highest BCUT2D eigenvalue weighted by Gasteiger charge is 2.23. The normalized spacial score (nSPS) is 14.4. The van der Waals surface area contributed by atoms with Crippen molar-refractivity contribution in [1.29, 1.82) is 0 Å². The molecule has 2 aromatic rings. The highest BCUT2D eigenvalue weighted by molar-refractivity contribution is 5.74. The van der Waals surface area contributed by atoms with Crippen molar-refractivity contribution in [3.05, 3.63) is 59.4 Å². The van der Waals surface area contributed by atoms with Crippen molar-refractivity contribution in [1.82, 2.24) is 15.2 Å².